The zero-order valence-electron chi connectivity index (χ0n) is 15.0. The van der Waals surface area contributed by atoms with E-state index in [1.54, 1.807) is 0 Å². The number of hydrogen-bond donors (Lipinski definition) is 0. The van der Waals surface area contributed by atoms with Crippen molar-refractivity contribution in [2.75, 3.05) is 33.7 Å². The molecule has 3 heterocycles. The number of likely N-dealkylation sites (tertiary alicyclic amines) is 1. The van der Waals surface area contributed by atoms with E-state index in [1.165, 1.54) is 5.56 Å². The van der Waals surface area contributed by atoms with Crippen LogP contribution in [-0.4, -0.2) is 61.1 Å². The van der Waals surface area contributed by atoms with Gasteiger partial charge in [0.15, 0.2) is 0 Å². The van der Waals surface area contributed by atoms with Crippen molar-refractivity contribution in [3.05, 3.63) is 35.4 Å². The first-order valence-electron chi connectivity index (χ1n) is 9.13. The number of carbonyl (C=O) groups excluding carboxylic acids is 1. The number of aryl methyl sites for hydroxylation is 1. The number of hydrogen-bond acceptors (Lipinski definition) is 3. The van der Waals surface area contributed by atoms with Gasteiger partial charge in [0.25, 0.3) is 0 Å². The molecule has 0 saturated carbocycles. The molecular weight excluding hydrogens is 300 g/mol. The van der Waals surface area contributed by atoms with Crippen molar-refractivity contribution in [3.8, 4) is 0 Å². The molecule has 130 valence electrons. The first kappa shape index (κ1) is 16.1. The number of ether oxygens (including phenoxy) is 1. The normalized spacial score (nSPS) is 34.2. The maximum atomic E-state index is 12.9. The number of rotatable bonds is 4. The first-order valence-corrected chi connectivity index (χ1v) is 9.13. The summed E-state index contributed by atoms with van der Waals surface area (Å²) in [6.45, 7) is 4.82. The second kappa shape index (κ2) is 5.85. The summed E-state index contributed by atoms with van der Waals surface area (Å²) in [5.41, 5.74) is 2.30. The molecule has 4 heteroatoms. The smallest absolute Gasteiger partial charge is 0.227 e. The molecule has 4 atom stereocenters. The predicted molar refractivity (Wildman–Crippen MR) is 93.8 cm³/mol. The molecule has 3 aliphatic rings. The van der Waals surface area contributed by atoms with Gasteiger partial charge in [-0.05, 0) is 45.0 Å². The first-order chi connectivity index (χ1) is 11.5. The van der Waals surface area contributed by atoms with Crippen molar-refractivity contribution in [2.45, 2.75) is 37.9 Å². The molecule has 3 saturated heterocycles. The van der Waals surface area contributed by atoms with Crippen molar-refractivity contribution in [1.29, 1.82) is 0 Å². The molecule has 0 N–H and O–H groups in total. The molecule has 0 unspecified atom stereocenters. The van der Waals surface area contributed by atoms with Gasteiger partial charge in [-0.25, -0.2) is 0 Å². The van der Waals surface area contributed by atoms with Crippen LogP contribution in [0.2, 0.25) is 0 Å². The van der Waals surface area contributed by atoms with Crippen LogP contribution in [-0.2, 0) is 16.0 Å². The number of nitrogens with zero attached hydrogens (tertiary/aromatic N) is 2. The summed E-state index contributed by atoms with van der Waals surface area (Å²) in [6, 6.07) is 8.20. The molecule has 3 aliphatic heterocycles. The Hall–Kier alpha value is -1.39. The third kappa shape index (κ3) is 2.56. The molecule has 1 amide bonds. The third-order valence-electron chi connectivity index (χ3n) is 6.32. The molecule has 0 radical (unpaired) electrons. The highest BCUT2D eigenvalue weighted by molar-refractivity contribution is 5.79. The van der Waals surface area contributed by atoms with Gasteiger partial charge in [-0.1, -0.05) is 24.3 Å². The van der Waals surface area contributed by atoms with Crippen molar-refractivity contribution in [2.24, 2.45) is 11.8 Å². The van der Waals surface area contributed by atoms with Crippen molar-refractivity contribution in [3.63, 3.8) is 0 Å². The highest BCUT2D eigenvalue weighted by Gasteiger charge is 2.63. The Labute approximate surface area is 144 Å². The minimum Gasteiger partial charge on any atom is -0.369 e. The molecule has 4 nitrogen and oxygen atoms in total. The Balaban J connectivity index is 1.48. The van der Waals surface area contributed by atoms with Crippen LogP contribution in [0.25, 0.3) is 0 Å². The van der Waals surface area contributed by atoms with Crippen LogP contribution in [0.15, 0.2) is 24.3 Å². The number of amides is 1. The molecular formula is C20H28N2O2. The number of benzene rings is 1. The van der Waals surface area contributed by atoms with Crippen LogP contribution in [0.4, 0.5) is 0 Å². The van der Waals surface area contributed by atoms with E-state index in [4.69, 9.17) is 4.74 Å². The van der Waals surface area contributed by atoms with E-state index in [0.717, 1.165) is 38.0 Å². The van der Waals surface area contributed by atoms with E-state index in [0.29, 0.717) is 24.4 Å². The largest absolute Gasteiger partial charge is 0.369 e. The zero-order chi connectivity index (χ0) is 16.9. The summed E-state index contributed by atoms with van der Waals surface area (Å²) < 4.78 is 6.43. The van der Waals surface area contributed by atoms with E-state index in [-0.39, 0.29) is 11.5 Å². The second-order valence-electron chi connectivity index (χ2n) is 8.17. The Kier molecular flexibility index (Phi) is 3.92. The Morgan fingerprint density at radius 3 is 2.92 bits per heavy atom. The van der Waals surface area contributed by atoms with Gasteiger partial charge in [-0.3, -0.25) is 4.79 Å². The summed E-state index contributed by atoms with van der Waals surface area (Å²) >= 11 is 0. The lowest BCUT2D eigenvalue weighted by Crippen LogP contribution is -2.40. The molecule has 0 aliphatic carbocycles. The fourth-order valence-electron chi connectivity index (χ4n) is 5.13. The Morgan fingerprint density at radius 2 is 2.17 bits per heavy atom. The van der Waals surface area contributed by atoms with Crippen LogP contribution >= 0.6 is 0 Å². The lowest BCUT2D eigenvalue weighted by molar-refractivity contribution is -0.131. The van der Waals surface area contributed by atoms with Gasteiger partial charge in [0.2, 0.25) is 5.91 Å². The second-order valence-corrected chi connectivity index (χ2v) is 8.17. The molecule has 24 heavy (non-hydrogen) atoms. The van der Waals surface area contributed by atoms with Crippen molar-refractivity contribution < 1.29 is 9.53 Å². The molecule has 3 fully saturated rings. The molecule has 1 aromatic carbocycles. The van der Waals surface area contributed by atoms with Crippen LogP contribution in [0.3, 0.4) is 0 Å². The van der Waals surface area contributed by atoms with E-state index in [9.17, 15) is 4.79 Å². The van der Waals surface area contributed by atoms with Crippen molar-refractivity contribution in [1.82, 2.24) is 9.80 Å². The summed E-state index contributed by atoms with van der Waals surface area (Å²) in [5, 5.41) is 0. The lowest BCUT2D eigenvalue weighted by Gasteiger charge is -2.30. The van der Waals surface area contributed by atoms with Gasteiger partial charge >= 0.3 is 0 Å². The topological polar surface area (TPSA) is 32.8 Å². The van der Waals surface area contributed by atoms with Gasteiger partial charge in [0.1, 0.15) is 0 Å². The molecule has 2 bridgehead atoms. The quantitative estimate of drug-likeness (QED) is 0.849. The molecule has 1 aromatic rings. The zero-order valence-corrected chi connectivity index (χ0v) is 15.0. The maximum Gasteiger partial charge on any atom is 0.227 e. The molecule has 0 aromatic heterocycles. The fraction of sp³-hybridized carbons (Fsp3) is 0.650. The van der Waals surface area contributed by atoms with Crippen LogP contribution in [0.1, 0.15) is 24.0 Å². The predicted octanol–water partition coefficient (Wildman–Crippen LogP) is 2.11. The summed E-state index contributed by atoms with van der Waals surface area (Å²) in [7, 11) is 4.27. The maximum absolute atomic E-state index is 12.9. The summed E-state index contributed by atoms with van der Waals surface area (Å²) in [5.74, 6) is 1.34. The average Bonchev–Trinajstić information content (AvgIpc) is 3.19. The standard InChI is InChI=1S/C20H28N2O2/c1-14-6-4-5-7-15(14)10-19(23)22-12-17-16(11-21(2)3)18-8-9-20(17,13-22)24-18/h4-7,16-18H,8-13H2,1-3H3/t16-,17+,18+,20+/m0/s1. The van der Waals surface area contributed by atoms with Crippen LogP contribution < -0.4 is 0 Å². The van der Waals surface area contributed by atoms with Gasteiger partial charge in [0, 0.05) is 24.9 Å². The SMILES string of the molecule is Cc1ccccc1CC(=O)N1C[C@@H]2[C@H](CN(C)C)[C@H]3CC[C@]2(C1)O3. The highest BCUT2D eigenvalue weighted by atomic mass is 16.5. The number of carbonyl (C=O) groups is 1. The third-order valence-corrected chi connectivity index (χ3v) is 6.32. The summed E-state index contributed by atoms with van der Waals surface area (Å²) in [4.78, 5) is 17.2. The van der Waals surface area contributed by atoms with E-state index in [1.807, 2.05) is 12.1 Å². The Bertz CT molecular complexity index is 644. The monoisotopic (exact) mass is 328 g/mol. The van der Waals surface area contributed by atoms with Gasteiger partial charge in [-0.2, -0.15) is 0 Å². The van der Waals surface area contributed by atoms with Crippen LogP contribution in [0.5, 0.6) is 0 Å². The van der Waals surface area contributed by atoms with Crippen molar-refractivity contribution >= 4 is 5.91 Å². The number of fused-ring (bicyclic) bond motifs is 1. The molecule has 4 rings (SSSR count). The van der Waals surface area contributed by atoms with E-state index >= 15 is 0 Å². The average molecular weight is 328 g/mol. The van der Waals surface area contributed by atoms with Gasteiger partial charge in [-0.15, -0.1) is 0 Å². The minimum atomic E-state index is -0.0489. The summed E-state index contributed by atoms with van der Waals surface area (Å²) in [6.07, 6.45) is 3.21. The van der Waals surface area contributed by atoms with E-state index < -0.39 is 0 Å². The molecule has 1 spiro atoms. The lowest BCUT2D eigenvalue weighted by atomic mass is 9.73. The Morgan fingerprint density at radius 1 is 1.38 bits per heavy atom. The van der Waals surface area contributed by atoms with Gasteiger partial charge < -0.3 is 14.5 Å². The fourth-order valence-corrected chi connectivity index (χ4v) is 5.13. The van der Waals surface area contributed by atoms with Crippen LogP contribution in [0, 0.1) is 18.8 Å². The highest BCUT2D eigenvalue weighted by Crippen LogP contribution is 2.54. The van der Waals surface area contributed by atoms with Gasteiger partial charge in [0.05, 0.1) is 24.7 Å². The minimum absolute atomic E-state index is 0.0489. The van der Waals surface area contributed by atoms with E-state index in [2.05, 4.69) is 43.0 Å².